The molecule has 122 valence electrons. The van der Waals surface area contributed by atoms with Gasteiger partial charge in [0, 0.05) is 18.0 Å². The highest BCUT2D eigenvalue weighted by molar-refractivity contribution is 5.93. The lowest BCUT2D eigenvalue weighted by Gasteiger charge is -2.12. The van der Waals surface area contributed by atoms with E-state index in [1.54, 1.807) is 6.33 Å². The molecule has 1 fully saturated rings. The summed E-state index contributed by atoms with van der Waals surface area (Å²) >= 11 is 0. The van der Waals surface area contributed by atoms with Gasteiger partial charge >= 0.3 is 0 Å². The Hall–Kier alpha value is -2.82. The lowest BCUT2D eigenvalue weighted by atomic mass is 10.2. The van der Waals surface area contributed by atoms with Crippen LogP contribution in [0.15, 0.2) is 48.8 Å². The summed E-state index contributed by atoms with van der Waals surface area (Å²) in [6.45, 7) is 1.44. The molecule has 2 aromatic carbocycles. The quantitative estimate of drug-likeness (QED) is 0.679. The summed E-state index contributed by atoms with van der Waals surface area (Å²) < 4.78 is 5.83. The van der Waals surface area contributed by atoms with Crippen molar-refractivity contribution in [2.24, 2.45) is 5.92 Å². The zero-order chi connectivity index (χ0) is 16.4. The van der Waals surface area contributed by atoms with Gasteiger partial charge in [0.15, 0.2) is 0 Å². The van der Waals surface area contributed by atoms with Crippen LogP contribution in [0.2, 0.25) is 0 Å². The summed E-state index contributed by atoms with van der Waals surface area (Å²) in [6.07, 6.45) is 4.07. The molecule has 0 atom stereocenters. The monoisotopic (exact) mass is 320 g/mol. The summed E-state index contributed by atoms with van der Waals surface area (Å²) in [5, 5.41) is 4.27. The van der Waals surface area contributed by atoms with Gasteiger partial charge in [-0.15, -0.1) is 0 Å². The predicted molar refractivity (Wildman–Crippen MR) is 95.9 cm³/mol. The van der Waals surface area contributed by atoms with Gasteiger partial charge in [0.1, 0.15) is 17.9 Å². The predicted octanol–water partition coefficient (Wildman–Crippen LogP) is 3.61. The van der Waals surface area contributed by atoms with E-state index in [2.05, 4.69) is 27.4 Å². The molecule has 1 saturated carbocycles. The number of anilines is 2. The molecule has 3 aromatic rings. The molecular formula is C19H20N4O. The van der Waals surface area contributed by atoms with Gasteiger partial charge in [-0.05, 0) is 30.4 Å². The average molecular weight is 320 g/mol. The van der Waals surface area contributed by atoms with E-state index in [0.29, 0.717) is 23.9 Å². The number of benzene rings is 2. The van der Waals surface area contributed by atoms with Crippen LogP contribution in [-0.4, -0.2) is 16.6 Å². The smallest absolute Gasteiger partial charge is 0.144 e. The van der Waals surface area contributed by atoms with Gasteiger partial charge in [-0.25, -0.2) is 9.97 Å². The third kappa shape index (κ3) is 3.25. The third-order valence-corrected chi connectivity index (χ3v) is 4.24. The van der Waals surface area contributed by atoms with Gasteiger partial charge in [-0.1, -0.05) is 30.3 Å². The van der Waals surface area contributed by atoms with Crippen molar-refractivity contribution in [1.29, 1.82) is 0 Å². The van der Waals surface area contributed by atoms with Gasteiger partial charge in [0.25, 0.3) is 0 Å². The second kappa shape index (κ2) is 6.35. The van der Waals surface area contributed by atoms with E-state index in [0.717, 1.165) is 23.3 Å². The first-order chi connectivity index (χ1) is 11.8. The van der Waals surface area contributed by atoms with Crippen molar-refractivity contribution in [3.05, 3.63) is 54.4 Å². The van der Waals surface area contributed by atoms with E-state index in [9.17, 15) is 0 Å². The Morgan fingerprint density at radius 3 is 2.75 bits per heavy atom. The topological polar surface area (TPSA) is 73.1 Å². The number of nitrogen functional groups attached to an aromatic ring is 1. The number of hydrogen-bond donors (Lipinski definition) is 2. The molecule has 0 radical (unpaired) electrons. The third-order valence-electron chi connectivity index (χ3n) is 4.24. The highest BCUT2D eigenvalue weighted by Gasteiger charge is 2.22. The Morgan fingerprint density at radius 1 is 1.12 bits per heavy atom. The molecule has 3 N–H and O–H groups in total. The minimum absolute atomic E-state index is 0.626. The maximum absolute atomic E-state index is 6.16. The van der Waals surface area contributed by atoms with E-state index in [1.165, 1.54) is 18.4 Å². The molecule has 0 spiro atoms. The van der Waals surface area contributed by atoms with Crippen LogP contribution in [-0.2, 0) is 6.54 Å². The van der Waals surface area contributed by atoms with Crippen molar-refractivity contribution >= 4 is 22.4 Å². The molecule has 1 aliphatic rings. The molecule has 0 unspecified atom stereocenters. The lowest BCUT2D eigenvalue weighted by molar-refractivity contribution is 0.301. The van der Waals surface area contributed by atoms with E-state index in [4.69, 9.17) is 10.5 Å². The molecule has 0 bridgehead atoms. The normalized spacial score (nSPS) is 13.8. The molecule has 24 heavy (non-hydrogen) atoms. The van der Waals surface area contributed by atoms with Gasteiger partial charge in [-0.2, -0.15) is 0 Å². The van der Waals surface area contributed by atoms with Gasteiger partial charge in [0.2, 0.25) is 0 Å². The van der Waals surface area contributed by atoms with Crippen molar-refractivity contribution in [2.45, 2.75) is 19.4 Å². The fourth-order valence-electron chi connectivity index (χ4n) is 2.64. The average Bonchev–Trinajstić information content (AvgIpc) is 3.43. The summed E-state index contributed by atoms with van der Waals surface area (Å²) in [4.78, 5) is 8.71. The maximum atomic E-state index is 6.16. The van der Waals surface area contributed by atoms with E-state index in [1.807, 2.05) is 30.3 Å². The second-order valence-electron chi connectivity index (χ2n) is 6.22. The Bertz CT molecular complexity index is 847. The number of hydrogen-bond acceptors (Lipinski definition) is 5. The molecule has 1 heterocycles. The standard InChI is InChI=1S/C19H20N4O/c20-16-8-15-17(9-18(16)24-11-14-6-7-14)22-12-23-19(15)21-10-13-4-2-1-3-5-13/h1-5,8-9,12,14H,6-7,10-11,20H2,(H,21,22,23). The molecule has 5 heteroatoms. The van der Waals surface area contributed by atoms with Crippen LogP contribution in [0.3, 0.4) is 0 Å². The number of ether oxygens (including phenoxy) is 1. The zero-order valence-corrected chi connectivity index (χ0v) is 13.4. The highest BCUT2D eigenvalue weighted by Crippen LogP contribution is 2.33. The zero-order valence-electron chi connectivity index (χ0n) is 13.4. The van der Waals surface area contributed by atoms with E-state index < -0.39 is 0 Å². The summed E-state index contributed by atoms with van der Waals surface area (Å²) in [5.74, 6) is 2.18. The van der Waals surface area contributed by atoms with Crippen LogP contribution in [0.4, 0.5) is 11.5 Å². The van der Waals surface area contributed by atoms with Gasteiger partial charge in [0.05, 0.1) is 17.8 Å². The Morgan fingerprint density at radius 2 is 1.96 bits per heavy atom. The Balaban J connectivity index is 1.57. The summed E-state index contributed by atoms with van der Waals surface area (Å²) in [6, 6.07) is 14.0. The largest absolute Gasteiger partial charge is 0.491 e. The highest BCUT2D eigenvalue weighted by atomic mass is 16.5. The molecule has 1 aromatic heterocycles. The molecule has 0 amide bonds. The Labute approximate surface area is 140 Å². The van der Waals surface area contributed by atoms with E-state index in [-0.39, 0.29) is 0 Å². The number of nitrogens with zero attached hydrogens (tertiary/aromatic N) is 2. The van der Waals surface area contributed by atoms with Crippen LogP contribution in [0, 0.1) is 5.92 Å². The fourth-order valence-corrected chi connectivity index (χ4v) is 2.64. The first kappa shape index (κ1) is 14.8. The van der Waals surface area contributed by atoms with Crippen LogP contribution in [0.1, 0.15) is 18.4 Å². The van der Waals surface area contributed by atoms with E-state index >= 15 is 0 Å². The van der Waals surface area contributed by atoms with Crippen molar-refractivity contribution in [3.63, 3.8) is 0 Å². The molecule has 1 aliphatic carbocycles. The van der Waals surface area contributed by atoms with Gasteiger partial charge in [-0.3, -0.25) is 0 Å². The fraction of sp³-hybridized carbons (Fsp3) is 0.263. The van der Waals surface area contributed by atoms with Crippen molar-refractivity contribution in [3.8, 4) is 5.75 Å². The van der Waals surface area contributed by atoms with Crippen LogP contribution < -0.4 is 15.8 Å². The Kier molecular flexibility index (Phi) is 3.91. The molecule has 5 nitrogen and oxygen atoms in total. The SMILES string of the molecule is Nc1cc2c(NCc3ccccc3)ncnc2cc1OCC1CC1. The first-order valence-corrected chi connectivity index (χ1v) is 8.24. The number of fused-ring (bicyclic) bond motifs is 1. The number of nitrogens with two attached hydrogens (primary N) is 1. The summed E-state index contributed by atoms with van der Waals surface area (Å²) in [7, 11) is 0. The number of rotatable bonds is 6. The molecule has 4 rings (SSSR count). The lowest BCUT2D eigenvalue weighted by Crippen LogP contribution is -2.05. The number of nitrogens with one attached hydrogen (secondary N) is 1. The minimum Gasteiger partial charge on any atom is -0.491 e. The minimum atomic E-state index is 0.626. The molecular weight excluding hydrogens is 300 g/mol. The summed E-state index contributed by atoms with van der Waals surface area (Å²) in [5.41, 5.74) is 8.82. The van der Waals surface area contributed by atoms with Crippen molar-refractivity contribution in [2.75, 3.05) is 17.7 Å². The van der Waals surface area contributed by atoms with Crippen LogP contribution >= 0.6 is 0 Å². The maximum Gasteiger partial charge on any atom is 0.144 e. The molecule has 0 aliphatic heterocycles. The second-order valence-corrected chi connectivity index (χ2v) is 6.22. The van der Waals surface area contributed by atoms with Crippen LogP contribution in [0.25, 0.3) is 10.9 Å². The molecule has 0 saturated heterocycles. The number of aromatic nitrogens is 2. The first-order valence-electron chi connectivity index (χ1n) is 8.24. The van der Waals surface area contributed by atoms with Crippen molar-refractivity contribution < 1.29 is 4.74 Å². The van der Waals surface area contributed by atoms with Gasteiger partial charge < -0.3 is 15.8 Å². The van der Waals surface area contributed by atoms with Crippen molar-refractivity contribution in [1.82, 2.24) is 9.97 Å². The van der Waals surface area contributed by atoms with Crippen LogP contribution in [0.5, 0.6) is 5.75 Å².